The Morgan fingerprint density at radius 2 is 1.63 bits per heavy atom. The Kier molecular flexibility index (Phi) is 7.82. The van der Waals surface area contributed by atoms with E-state index in [2.05, 4.69) is 6.92 Å². The molecular weight excluding hydrogens is 252 g/mol. The first-order valence-corrected chi connectivity index (χ1v) is 7.04. The van der Waals surface area contributed by atoms with Gasteiger partial charge in [0.25, 0.3) is 0 Å². The Hall–Kier alpha value is -0.240. The molecule has 0 aromatic heterocycles. The van der Waals surface area contributed by atoms with E-state index in [1.54, 1.807) is 0 Å². The summed E-state index contributed by atoms with van der Waals surface area (Å²) in [5, 5.41) is 37.9. The Balaban J connectivity index is 2.28. The summed E-state index contributed by atoms with van der Waals surface area (Å²) in [6.45, 7) is 2.14. The molecule has 0 spiro atoms. The summed E-state index contributed by atoms with van der Waals surface area (Å²) < 4.78 is 10.6. The van der Waals surface area contributed by atoms with Crippen molar-refractivity contribution in [1.29, 1.82) is 0 Å². The zero-order valence-corrected chi connectivity index (χ0v) is 11.4. The van der Waals surface area contributed by atoms with Crippen LogP contribution in [0.2, 0.25) is 0 Å². The molecule has 0 radical (unpaired) electrons. The normalized spacial score (nSPS) is 35.5. The minimum absolute atomic E-state index is 0.423. The van der Waals surface area contributed by atoms with Crippen molar-refractivity contribution >= 4 is 0 Å². The van der Waals surface area contributed by atoms with Gasteiger partial charge in [-0.2, -0.15) is 0 Å². The Labute approximate surface area is 114 Å². The predicted octanol–water partition coefficient (Wildman–Crippen LogP) is -0.227. The third-order valence-electron chi connectivity index (χ3n) is 3.38. The molecule has 1 rings (SSSR count). The van der Waals surface area contributed by atoms with Crippen LogP contribution in [0, 0.1) is 0 Å². The highest BCUT2D eigenvalue weighted by Crippen LogP contribution is 2.22. The van der Waals surface area contributed by atoms with Gasteiger partial charge in [-0.05, 0) is 6.42 Å². The third-order valence-corrected chi connectivity index (χ3v) is 3.38. The molecular formula is C13H26O6. The molecule has 1 fully saturated rings. The lowest BCUT2D eigenvalue weighted by atomic mass is 9.99. The number of hydrogen-bond donors (Lipinski definition) is 4. The van der Waals surface area contributed by atoms with Gasteiger partial charge in [-0.15, -0.1) is 0 Å². The van der Waals surface area contributed by atoms with Crippen LogP contribution in [-0.2, 0) is 9.47 Å². The highest BCUT2D eigenvalue weighted by atomic mass is 16.7. The van der Waals surface area contributed by atoms with Gasteiger partial charge in [0.2, 0.25) is 0 Å². The van der Waals surface area contributed by atoms with Crippen molar-refractivity contribution in [2.24, 2.45) is 0 Å². The molecule has 5 atom stereocenters. The van der Waals surface area contributed by atoms with Crippen LogP contribution in [0.5, 0.6) is 0 Å². The van der Waals surface area contributed by atoms with Crippen LogP contribution in [0.4, 0.5) is 0 Å². The molecule has 6 heteroatoms. The number of ether oxygens (including phenoxy) is 2. The van der Waals surface area contributed by atoms with Gasteiger partial charge in [-0.3, -0.25) is 0 Å². The molecule has 114 valence electrons. The van der Waals surface area contributed by atoms with E-state index in [1.807, 2.05) is 0 Å². The van der Waals surface area contributed by atoms with Gasteiger partial charge in [-0.25, -0.2) is 0 Å². The Morgan fingerprint density at radius 1 is 0.947 bits per heavy atom. The SMILES string of the molecule is CCCCCCCO[C@@H]1O[C@H](CO)[C@@H](O)[C@H](O)[C@H]1O. The summed E-state index contributed by atoms with van der Waals surface area (Å²) >= 11 is 0. The minimum atomic E-state index is -1.36. The van der Waals surface area contributed by atoms with E-state index in [0.29, 0.717) is 6.61 Å². The molecule has 0 unspecified atom stereocenters. The zero-order valence-electron chi connectivity index (χ0n) is 11.4. The van der Waals surface area contributed by atoms with Gasteiger partial charge in [0.05, 0.1) is 6.61 Å². The number of unbranched alkanes of at least 4 members (excludes halogenated alkanes) is 4. The highest BCUT2D eigenvalue weighted by Gasteiger charge is 2.43. The topological polar surface area (TPSA) is 99.4 Å². The van der Waals surface area contributed by atoms with Gasteiger partial charge in [0.15, 0.2) is 6.29 Å². The van der Waals surface area contributed by atoms with Crippen molar-refractivity contribution in [1.82, 2.24) is 0 Å². The Morgan fingerprint density at radius 3 is 2.26 bits per heavy atom. The monoisotopic (exact) mass is 278 g/mol. The summed E-state index contributed by atoms with van der Waals surface area (Å²) in [6.07, 6.45) is -0.471. The molecule has 1 saturated heterocycles. The molecule has 1 aliphatic heterocycles. The largest absolute Gasteiger partial charge is 0.394 e. The molecule has 0 aromatic carbocycles. The maximum Gasteiger partial charge on any atom is 0.186 e. The first-order chi connectivity index (χ1) is 9.11. The van der Waals surface area contributed by atoms with Gasteiger partial charge in [0.1, 0.15) is 24.4 Å². The molecule has 0 aromatic rings. The third kappa shape index (κ3) is 4.98. The lowest BCUT2D eigenvalue weighted by Gasteiger charge is -2.39. The van der Waals surface area contributed by atoms with E-state index >= 15 is 0 Å². The molecule has 0 saturated carbocycles. The quantitative estimate of drug-likeness (QED) is 0.458. The number of aliphatic hydroxyl groups excluding tert-OH is 4. The van der Waals surface area contributed by atoms with E-state index in [9.17, 15) is 15.3 Å². The van der Waals surface area contributed by atoms with Gasteiger partial charge in [-0.1, -0.05) is 32.6 Å². The molecule has 19 heavy (non-hydrogen) atoms. The van der Waals surface area contributed by atoms with Crippen LogP contribution >= 0.6 is 0 Å². The maximum absolute atomic E-state index is 9.72. The number of hydrogen-bond acceptors (Lipinski definition) is 6. The summed E-state index contributed by atoms with van der Waals surface area (Å²) in [7, 11) is 0. The molecule has 1 aliphatic rings. The number of rotatable bonds is 8. The Bertz CT molecular complexity index is 235. The predicted molar refractivity (Wildman–Crippen MR) is 68.5 cm³/mol. The van der Waals surface area contributed by atoms with E-state index < -0.39 is 37.3 Å². The summed E-state index contributed by atoms with van der Waals surface area (Å²) in [4.78, 5) is 0. The second-order valence-electron chi connectivity index (χ2n) is 4.98. The lowest BCUT2D eigenvalue weighted by Crippen LogP contribution is -2.59. The van der Waals surface area contributed by atoms with E-state index in [-0.39, 0.29) is 0 Å². The van der Waals surface area contributed by atoms with Crippen LogP contribution < -0.4 is 0 Å². The van der Waals surface area contributed by atoms with Crippen molar-refractivity contribution in [3.05, 3.63) is 0 Å². The highest BCUT2D eigenvalue weighted by molar-refractivity contribution is 4.88. The van der Waals surface area contributed by atoms with Gasteiger partial charge >= 0.3 is 0 Å². The summed E-state index contributed by atoms with van der Waals surface area (Å²) in [5.41, 5.74) is 0. The standard InChI is InChI=1S/C13H26O6/c1-2-3-4-5-6-7-18-13-12(17)11(16)10(15)9(8-14)19-13/h9-17H,2-8H2,1H3/t9-,10-,11+,12-,13-/m1/s1. The minimum Gasteiger partial charge on any atom is -0.394 e. The van der Waals surface area contributed by atoms with Crippen LogP contribution in [0.1, 0.15) is 39.0 Å². The van der Waals surface area contributed by atoms with E-state index in [1.165, 1.54) is 12.8 Å². The average molecular weight is 278 g/mol. The number of aliphatic hydroxyl groups is 4. The second-order valence-corrected chi connectivity index (χ2v) is 4.98. The second kappa shape index (κ2) is 8.84. The smallest absolute Gasteiger partial charge is 0.186 e. The fourth-order valence-corrected chi connectivity index (χ4v) is 2.11. The first kappa shape index (κ1) is 16.8. The molecule has 0 bridgehead atoms. The molecule has 4 N–H and O–H groups in total. The molecule has 0 aliphatic carbocycles. The van der Waals surface area contributed by atoms with Crippen molar-refractivity contribution in [3.8, 4) is 0 Å². The lowest BCUT2D eigenvalue weighted by molar-refractivity contribution is -0.301. The van der Waals surface area contributed by atoms with Gasteiger partial charge < -0.3 is 29.9 Å². The van der Waals surface area contributed by atoms with Gasteiger partial charge in [0, 0.05) is 6.61 Å². The van der Waals surface area contributed by atoms with E-state index in [0.717, 1.165) is 19.3 Å². The van der Waals surface area contributed by atoms with Crippen LogP contribution in [-0.4, -0.2) is 64.3 Å². The van der Waals surface area contributed by atoms with E-state index in [4.69, 9.17) is 14.6 Å². The van der Waals surface area contributed by atoms with Crippen molar-refractivity contribution in [2.75, 3.05) is 13.2 Å². The average Bonchev–Trinajstić information content (AvgIpc) is 2.42. The fourth-order valence-electron chi connectivity index (χ4n) is 2.11. The van der Waals surface area contributed by atoms with Crippen LogP contribution in [0.25, 0.3) is 0 Å². The first-order valence-electron chi connectivity index (χ1n) is 7.04. The fraction of sp³-hybridized carbons (Fsp3) is 1.00. The molecule has 6 nitrogen and oxygen atoms in total. The summed E-state index contributed by atoms with van der Waals surface area (Å²) in [6, 6.07) is 0. The zero-order chi connectivity index (χ0) is 14.3. The molecule has 0 amide bonds. The maximum atomic E-state index is 9.72. The summed E-state index contributed by atoms with van der Waals surface area (Å²) in [5.74, 6) is 0. The van der Waals surface area contributed by atoms with Crippen LogP contribution in [0.3, 0.4) is 0 Å². The van der Waals surface area contributed by atoms with Crippen molar-refractivity contribution in [3.63, 3.8) is 0 Å². The molecule has 1 heterocycles. The van der Waals surface area contributed by atoms with Crippen molar-refractivity contribution in [2.45, 2.75) is 69.7 Å². The van der Waals surface area contributed by atoms with Crippen LogP contribution in [0.15, 0.2) is 0 Å². The van der Waals surface area contributed by atoms with Crippen molar-refractivity contribution < 1.29 is 29.9 Å².